The van der Waals surface area contributed by atoms with Crippen molar-refractivity contribution in [2.45, 2.75) is 45.9 Å². The minimum atomic E-state index is -0.656. The van der Waals surface area contributed by atoms with Gasteiger partial charge in [0.2, 0.25) is 0 Å². The number of carbonyl (C=O) groups is 1. The maximum Gasteiger partial charge on any atom is 0.263 e. The Bertz CT molecular complexity index is 448. The molecule has 1 rings (SSSR count). The number of para-hydroxylation sites is 1. The monoisotopic (exact) mass is 299 g/mol. The van der Waals surface area contributed by atoms with Crippen molar-refractivity contribution in [3.05, 3.63) is 29.3 Å². The van der Waals surface area contributed by atoms with E-state index in [9.17, 15) is 9.90 Å². The van der Waals surface area contributed by atoms with Crippen LogP contribution in [0.5, 0.6) is 5.75 Å². The number of hydrogen-bond donors (Lipinski definition) is 1. The van der Waals surface area contributed by atoms with Crippen molar-refractivity contribution in [1.82, 2.24) is 4.90 Å². The average Bonchev–Trinajstić information content (AvgIpc) is 2.37. The van der Waals surface area contributed by atoms with Crippen molar-refractivity contribution < 1.29 is 14.6 Å². The molecule has 2 atom stereocenters. The van der Waals surface area contributed by atoms with E-state index in [-0.39, 0.29) is 18.5 Å². The van der Waals surface area contributed by atoms with Gasteiger partial charge in [0.25, 0.3) is 5.91 Å². The predicted molar refractivity (Wildman–Crippen MR) is 80.1 cm³/mol. The molecule has 0 saturated heterocycles. The van der Waals surface area contributed by atoms with Crippen LogP contribution in [-0.2, 0) is 4.79 Å². The van der Waals surface area contributed by atoms with Crippen LogP contribution in [0.2, 0.25) is 5.02 Å². The number of ether oxygens (including phenoxy) is 1. The van der Waals surface area contributed by atoms with Crippen LogP contribution in [0.25, 0.3) is 0 Å². The van der Waals surface area contributed by atoms with Gasteiger partial charge in [-0.3, -0.25) is 4.79 Å². The fourth-order valence-corrected chi connectivity index (χ4v) is 2.03. The summed E-state index contributed by atoms with van der Waals surface area (Å²) in [6.45, 7) is 7.43. The van der Waals surface area contributed by atoms with Gasteiger partial charge >= 0.3 is 0 Å². The Labute approximate surface area is 125 Å². The van der Waals surface area contributed by atoms with Gasteiger partial charge in [0.15, 0.2) is 6.10 Å². The number of benzene rings is 1. The van der Waals surface area contributed by atoms with E-state index in [1.54, 1.807) is 43.0 Å². The molecule has 0 bridgehead atoms. The molecule has 1 amide bonds. The van der Waals surface area contributed by atoms with Crippen LogP contribution in [0.4, 0.5) is 0 Å². The Morgan fingerprint density at radius 1 is 1.30 bits per heavy atom. The number of nitrogens with zero attached hydrogens (tertiary/aromatic N) is 1. The van der Waals surface area contributed by atoms with Crippen LogP contribution in [0.15, 0.2) is 24.3 Å². The zero-order chi connectivity index (χ0) is 15.3. The van der Waals surface area contributed by atoms with Gasteiger partial charge in [-0.05, 0) is 39.8 Å². The fourth-order valence-electron chi connectivity index (χ4n) is 1.85. The van der Waals surface area contributed by atoms with Crippen molar-refractivity contribution in [2.75, 3.05) is 6.54 Å². The van der Waals surface area contributed by atoms with Gasteiger partial charge in [0, 0.05) is 12.6 Å². The van der Waals surface area contributed by atoms with Crippen LogP contribution < -0.4 is 4.74 Å². The van der Waals surface area contributed by atoms with Crippen molar-refractivity contribution in [2.24, 2.45) is 0 Å². The van der Waals surface area contributed by atoms with Crippen molar-refractivity contribution in [3.63, 3.8) is 0 Å². The molecule has 0 aliphatic carbocycles. The van der Waals surface area contributed by atoms with Gasteiger partial charge in [0.1, 0.15) is 5.75 Å². The van der Waals surface area contributed by atoms with E-state index in [0.29, 0.717) is 10.8 Å². The molecule has 0 fully saturated rings. The summed E-state index contributed by atoms with van der Waals surface area (Å²) in [4.78, 5) is 14.0. The smallest absolute Gasteiger partial charge is 0.263 e. The number of amides is 1. The van der Waals surface area contributed by atoms with E-state index >= 15 is 0 Å². The zero-order valence-electron chi connectivity index (χ0n) is 12.3. The third-order valence-corrected chi connectivity index (χ3v) is 3.17. The molecule has 1 N–H and O–H groups in total. The lowest BCUT2D eigenvalue weighted by molar-refractivity contribution is -0.141. The molecule has 112 valence electrons. The summed E-state index contributed by atoms with van der Waals surface area (Å²) in [5.41, 5.74) is 0. The molecule has 0 saturated carbocycles. The SMILES string of the molecule is CC(O)CN(C(=O)C(C)Oc1ccccc1Cl)C(C)C. The van der Waals surface area contributed by atoms with Crippen LogP contribution >= 0.6 is 11.6 Å². The first-order chi connectivity index (χ1) is 9.32. The Morgan fingerprint density at radius 3 is 2.40 bits per heavy atom. The van der Waals surface area contributed by atoms with Crippen LogP contribution in [0, 0.1) is 0 Å². The lowest BCUT2D eigenvalue weighted by Gasteiger charge is -2.30. The summed E-state index contributed by atoms with van der Waals surface area (Å²) in [6.07, 6.45) is -1.23. The number of rotatable bonds is 6. The van der Waals surface area contributed by atoms with Crippen molar-refractivity contribution in [3.8, 4) is 5.75 Å². The summed E-state index contributed by atoms with van der Waals surface area (Å²) < 4.78 is 5.61. The Kier molecular flexibility index (Phi) is 6.30. The molecule has 1 aromatic rings. The predicted octanol–water partition coefficient (Wildman–Crippen LogP) is 2.73. The molecule has 5 heteroatoms. The molecule has 4 nitrogen and oxygen atoms in total. The summed E-state index contributed by atoms with van der Waals surface area (Å²) in [7, 11) is 0. The molecule has 0 aliphatic heterocycles. The molecular weight excluding hydrogens is 278 g/mol. The topological polar surface area (TPSA) is 49.8 Å². The second-order valence-electron chi connectivity index (χ2n) is 5.12. The largest absolute Gasteiger partial charge is 0.479 e. The zero-order valence-corrected chi connectivity index (χ0v) is 13.1. The molecule has 2 unspecified atom stereocenters. The lowest BCUT2D eigenvalue weighted by Crippen LogP contribution is -2.47. The highest BCUT2D eigenvalue weighted by molar-refractivity contribution is 6.32. The quantitative estimate of drug-likeness (QED) is 0.878. The molecule has 20 heavy (non-hydrogen) atoms. The molecule has 0 radical (unpaired) electrons. The number of halogens is 1. The van der Waals surface area contributed by atoms with Gasteiger partial charge in [-0.2, -0.15) is 0 Å². The van der Waals surface area contributed by atoms with E-state index in [2.05, 4.69) is 0 Å². The Hall–Kier alpha value is -1.26. The summed E-state index contributed by atoms with van der Waals surface area (Å²) >= 11 is 6.01. The number of aliphatic hydroxyl groups is 1. The van der Waals surface area contributed by atoms with Gasteiger partial charge < -0.3 is 14.7 Å². The third-order valence-electron chi connectivity index (χ3n) is 2.86. The van der Waals surface area contributed by atoms with E-state index in [1.165, 1.54) is 0 Å². The third kappa shape index (κ3) is 4.69. The van der Waals surface area contributed by atoms with E-state index in [0.717, 1.165) is 0 Å². The van der Waals surface area contributed by atoms with Crippen LogP contribution in [0.3, 0.4) is 0 Å². The van der Waals surface area contributed by atoms with E-state index in [1.807, 2.05) is 13.8 Å². The number of carbonyl (C=O) groups excluding carboxylic acids is 1. The summed E-state index contributed by atoms with van der Waals surface area (Å²) in [5.74, 6) is 0.316. The van der Waals surface area contributed by atoms with Crippen molar-refractivity contribution in [1.29, 1.82) is 0 Å². The minimum Gasteiger partial charge on any atom is -0.479 e. The molecule has 0 aromatic heterocycles. The van der Waals surface area contributed by atoms with E-state index < -0.39 is 12.2 Å². The number of hydrogen-bond acceptors (Lipinski definition) is 3. The highest BCUT2D eigenvalue weighted by Gasteiger charge is 2.25. The van der Waals surface area contributed by atoms with Gasteiger partial charge in [-0.1, -0.05) is 23.7 Å². The molecule has 1 aromatic carbocycles. The second kappa shape index (κ2) is 7.50. The van der Waals surface area contributed by atoms with Gasteiger partial charge in [-0.25, -0.2) is 0 Å². The molecular formula is C15H22ClNO3. The minimum absolute atomic E-state index is 0.00519. The van der Waals surface area contributed by atoms with Crippen LogP contribution in [0.1, 0.15) is 27.7 Å². The first kappa shape index (κ1) is 16.8. The van der Waals surface area contributed by atoms with Gasteiger partial charge in [0.05, 0.1) is 11.1 Å². The highest BCUT2D eigenvalue weighted by atomic mass is 35.5. The molecule has 0 aliphatic rings. The molecule has 0 spiro atoms. The molecule has 0 heterocycles. The Balaban J connectivity index is 2.77. The maximum atomic E-state index is 12.4. The first-order valence-electron chi connectivity index (χ1n) is 6.72. The normalized spacial score (nSPS) is 13.9. The van der Waals surface area contributed by atoms with E-state index in [4.69, 9.17) is 16.3 Å². The fraction of sp³-hybridized carbons (Fsp3) is 0.533. The Morgan fingerprint density at radius 2 is 1.90 bits per heavy atom. The number of aliphatic hydroxyl groups excluding tert-OH is 1. The standard InChI is InChI=1S/C15H22ClNO3/c1-10(2)17(9-11(3)18)15(19)12(4)20-14-8-6-5-7-13(14)16/h5-8,10-12,18H,9H2,1-4H3. The van der Waals surface area contributed by atoms with Crippen molar-refractivity contribution >= 4 is 17.5 Å². The summed E-state index contributed by atoms with van der Waals surface area (Å²) in [5, 5.41) is 9.95. The second-order valence-corrected chi connectivity index (χ2v) is 5.53. The lowest BCUT2D eigenvalue weighted by atomic mass is 10.2. The van der Waals surface area contributed by atoms with Gasteiger partial charge in [-0.15, -0.1) is 0 Å². The van der Waals surface area contributed by atoms with Crippen LogP contribution in [-0.4, -0.2) is 40.7 Å². The first-order valence-corrected chi connectivity index (χ1v) is 7.10. The average molecular weight is 300 g/mol. The highest BCUT2D eigenvalue weighted by Crippen LogP contribution is 2.24. The maximum absolute atomic E-state index is 12.4. The summed E-state index contributed by atoms with van der Waals surface area (Å²) in [6, 6.07) is 7.03.